The zero-order chi connectivity index (χ0) is 26.5. The van der Waals surface area contributed by atoms with E-state index in [-0.39, 0.29) is 0 Å². The van der Waals surface area contributed by atoms with Crippen molar-refractivity contribution in [2.45, 2.75) is 0 Å². The Morgan fingerprint density at radius 3 is 2.12 bits per heavy atom. The molecule has 188 valence electrons. The lowest BCUT2D eigenvalue weighted by Crippen LogP contribution is -1.98. The molecule has 8 aromatic rings. The molecule has 0 N–H and O–H groups in total. The van der Waals surface area contributed by atoms with Crippen LogP contribution >= 0.6 is 0 Å². The van der Waals surface area contributed by atoms with E-state index in [9.17, 15) is 0 Å². The number of fused-ring (bicyclic) bond motifs is 4. The second kappa shape index (κ2) is 9.03. The molecule has 0 atom stereocenters. The number of aromatic nitrogens is 4. The molecule has 0 spiro atoms. The zero-order valence-electron chi connectivity index (χ0n) is 21.4. The van der Waals surface area contributed by atoms with Crippen molar-refractivity contribution >= 4 is 33.1 Å². The van der Waals surface area contributed by atoms with Crippen LogP contribution in [0.3, 0.4) is 0 Å². The van der Waals surface area contributed by atoms with Crippen LogP contribution in [0.4, 0.5) is 0 Å². The summed E-state index contributed by atoms with van der Waals surface area (Å²) in [6.45, 7) is 0. The fourth-order valence-corrected chi connectivity index (χ4v) is 5.37. The Hall–Kier alpha value is -5.55. The van der Waals surface area contributed by atoms with Gasteiger partial charge in [0.25, 0.3) is 0 Å². The van der Waals surface area contributed by atoms with Gasteiger partial charge in [-0.2, -0.15) is 0 Å². The number of nitrogens with zero attached hydrogens (tertiary/aromatic N) is 4. The van der Waals surface area contributed by atoms with Gasteiger partial charge in [-0.1, -0.05) is 91.0 Å². The molecule has 0 saturated carbocycles. The molecule has 3 heterocycles. The Balaban J connectivity index is 1.36. The Morgan fingerprint density at radius 1 is 0.550 bits per heavy atom. The molecule has 5 aromatic carbocycles. The normalized spacial score (nSPS) is 11.5. The molecule has 0 saturated heterocycles. The van der Waals surface area contributed by atoms with Crippen LogP contribution in [0.5, 0.6) is 0 Å². The fourth-order valence-electron chi connectivity index (χ4n) is 5.37. The average Bonchev–Trinajstić information content (AvgIpc) is 3.60. The van der Waals surface area contributed by atoms with E-state index in [1.54, 1.807) is 0 Å². The summed E-state index contributed by atoms with van der Waals surface area (Å²) in [5.41, 5.74) is 9.02. The maximum atomic E-state index is 6.28. The molecule has 0 aliphatic carbocycles. The molecule has 0 bridgehead atoms. The lowest BCUT2D eigenvalue weighted by Gasteiger charge is -2.11. The van der Waals surface area contributed by atoms with Gasteiger partial charge in [-0.25, -0.2) is 15.0 Å². The largest absolute Gasteiger partial charge is 0.452 e. The van der Waals surface area contributed by atoms with Crippen molar-refractivity contribution in [2.24, 2.45) is 0 Å². The summed E-state index contributed by atoms with van der Waals surface area (Å²) in [4.78, 5) is 15.2. The zero-order valence-corrected chi connectivity index (χ0v) is 21.4. The van der Waals surface area contributed by atoms with Gasteiger partial charge in [-0.05, 0) is 42.5 Å². The Labute approximate surface area is 230 Å². The molecule has 0 aliphatic heterocycles. The third kappa shape index (κ3) is 3.60. The van der Waals surface area contributed by atoms with E-state index in [0.29, 0.717) is 11.4 Å². The summed E-state index contributed by atoms with van der Waals surface area (Å²) in [5, 5.41) is 0.973. The van der Waals surface area contributed by atoms with Crippen LogP contribution < -0.4 is 0 Å². The maximum Gasteiger partial charge on any atom is 0.180 e. The SMILES string of the molecule is c1ccc(-c2nc(-c3cccc(-c4nc5ccccc5n4-c4ccccc4)c3)nc3c2oc2ccccc23)cc1. The molecular weight excluding hydrogens is 492 g/mol. The fraction of sp³-hybridized carbons (Fsp3) is 0. The van der Waals surface area contributed by atoms with Gasteiger partial charge in [0.1, 0.15) is 22.6 Å². The van der Waals surface area contributed by atoms with E-state index < -0.39 is 0 Å². The lowest BCUT2D eigenvalue weighted by molar-refractivity contribution is 0.667. The molecule has 0 unspecified atom stereocenters. The van der Waals surface area contributed by atoms with Gasteiger partial charge in [0.05, 0.1) is 11.0 Å². The van der Waals surface area contributed by atoms with Crippen LogP contribution in [0.15, 0.2) is 138 Å². The molecule has 8 rings (SSSR count). The van der Waals surface area contributed by atoms with Crippen LogP contribution in [-0.4, -0.2) is 19.5 Å². The van der Waals surface area contributed by atoms with E-state index in [1.165, 1.54) is 0 Å². The van der Waals surface area contributed by atoms with E-state index in [4.69, 9.17) is 19.4 Å². The van der Waals surface area contributed by atoms with Crippen LogP contribution in [0.25, 0.3) is 72.8 Å². The summed E-state index contributed by atoms with van der Waals surface area (Å²) in [5.74, 6) is 1.51. The molecule has 0 amide bonds. The lowest BCUT2D eigenvalue weighted by atomic mass is 10.1. The highest BCUT2D eigenvalue weighted by atomic mass is 16.3. The number of furan rings is 1. The third-order valence-electron chi connectivity index (χ3n) is 7.22. The second-order valence-electron chi connectivity index (χ2n) is 9.71. The molecule has 40 heavy (non-hydrogen) atoms. The molecule has 5 heteroatoms. The molecular formula is C35H22N4O. The summed E-state index contributed by atoms with van der Waals surface area (Å²) < 4.78 is 8.49. The number of hydrogen-bond donors (Lipinski definition) is 0. The Morgan fingerprint density at radius 2 is 1.25 bits per heavy atom. The first-order valence-corrected chi connectivity index (χ1v) is 13.2. The second-order valence-corrected chi connectivity index (χ2v) is 9.71. The number of hydrogen-bond acceptors (Lipinski definition) is 4. The minimum Gasteiger partial charge on any atom is -0.452 e. The topological polar surface area (TPSA) is 56.7 Å². The maximum absolute atomic E-state index is 6.28. The molecule has 0 radical (unpaired) electrons. The Bertz CT molecular complexity index is 2160. The molecule has 3 aromatic heterocycles. The predicted octanol–water partition coefficient (Wildman–Crippen LogP) is 8.72. The van der Waals surface area contributed by atoms with Gasteiger partial charge in [0, 0.05) is 27.8 Å². The van der Waals surface area contributed by atoms with Gasteiger partial charge >= 0.3 is 0 Å². The first-order chi connectivity index (χ1) is 19.8. The van der Waals surface area contributed by atoms with Crippen molar-refractivity contribution in [3.05, 3.63) is 133 Å². The highest BCUT2D eigenvalue weighted by molar-refractivity contribution is 6.07. The molecule has 0 fully saturated rings. The van der Waals surface area contributed by atoms with E-state index in [1.807, 2.05) is 78.9 Å². The molecule has 5 nitrogen and oxygen atoms in total. The molecule has 0 aliphatic rings. The van der Waals surface area contributed by atoms with Gasteiger partial charge in [0.15, 0.2) is 11.4 Å². The minimum absolute atomic E-state index is 0.641. The van der Waals surface area contributed by atoms with Crippen molar-refractivity contribution < 1.29 is 4.42 Å². The van der Waals surface area contributed by atoms with Gasteiger partial charge in [0.2, 0.25) is 0 Å². The van der Waals surface area contributed by atoms with E-state index in [0.717, 1.165) is 61.4 Å². The van der Waals surface area contributed by atoms with Gasteiger partial charge in [-0.15, -0.1) is 0 Å². The number of rotatable bonds is 4. The van der Waals surface area contributed by atoms with Crippen LogP contribution in [0, 0.1) is 0 Å². The third-order valence-corrected chi connectivity index (χ3v) is 7.22. The average molecular weight is 515 g/mol. The quantitative estimate of drug-likeness (QED) is 0.236. The number of imidazole rings is 1. The summed E-state index contributed by atoms with van der Waals surface area (Å²) in [7, 11) is 0. The summed E-state index contributed by atoms with van der Waals surface area (Å²) in [6, 6.07) is 45.0. The highest BCUT2D eigenvalue weighted by Gasteiger charge is 2.19. The Kier molecular flexibility index (Phi) is 5.07. The smallest absolute Gasteiger partial charge is 0.180 e. The number of para-hydroxylation sites is 4. The predicted molar refractivity (Wildman–Crippen MR) is 160 cm³/mol. The van der Waals surface area contributed by atoms with Crippen LogP contribution in [0.1, 0.15) is 0 Å². The van der Waals surface area contributed by atoms with E-state index >= 15 is 0 Å². The van der Waals surface area contributed by atoms with E-state index in [2.05, 4.69) is 59.2 Å². The monoisotopic (exact) mass is 514 g/mol. The first kappa shape index (κ1) is 22.4. The van der Waals surface area contributed by atoms with Crippen LogP contribution in [0.2, 0.25) is 0 Å². The standard InChI is InChI=1S/C35H22N4O/c1-3-12-23(13-4-1)31-33-32(27-18-7-10-21-30(27)40-33)38-34(37-31)24-14-11-15-25(22-24)35-36-28-19-8-9-20-29(28)39(35)26-16-5-2-6-17-26/h1-22H. The summed E-state index contributed by atoms with van der Waals surface area (Å²) in [6.07, 6.45) is 0. The van der Waals surface area contributed by atoms with Crippen molar-refractivity contribution in [1.82, 2.24) is 19.5 Å². The van der Waals surface area contributed by atoms with Crippen molar-refractivity contribution in [1.29, 1.82) is 0 Å². The minimum atomic E-state index is 0.641. The van der Waals surface area contributed by atoms with Gasteiger partial charge < -0.3 is 4.42 Å². The first-order valence-electron chi connectivity index (χ1n) is 13.2. The van der Waals surface area contributed by atoms with Crippen molar-refractivity contribution in [3.63, 3.8) is 0 Å². The highest BCUT2D eigenvalue weighted by Crippen LogP contribution is 2.36. The van der Waals surface area contributed by atoms with Crippen molar-refractivity contribution in [3.8, 4) is 39.7 Å². The number of benzene rings is 5. The van der Waals surface area contributed by atoms with Crippen LogP contribution in [-0.2, 0) is 0 Å². The van der Waals surface area contributed by atoms with Crippen molar-refractivity contribution in [2.75, 3.05) is 0 Å². The summed E-state index contributed by atoms with van der Waals surface area (Å²) >= 11 is 0. The van der Waals surface area contributed by atoms with Gasteiger partial charge in [-0.3, -0.25) is 4.57 Å².